The third-order valence-electron chi connectivity index (χ3n) is 6.32. The first kappa shape index (κ1) is 27.6. The van der Waals surface area contributed by atoms with Crippen molar-refractivity contribution >= 4 is 33.8 Å². The van der Waals surface area contributed by atoms with Crippen LogP contribution >= 0.6 is 11.8 Å². The third-order valence-corrected chi connectivity index (χ3v) is 8.38. The number of nitrogens with one attached hydrogen (secondary N) is 1. The molecule has 11 nitrogen and oxygen atoms in total. The lowest BCUT2D eigenvalue weighted by Gasteiger charge is -2.28. The Kier molecular flexibility index (Phi) is 8.94. The molecule has 0 aliphatic carbocycles. The molecule has 194 valence electrons. The number of likely N-dealkylation sites (tertiary alicyclic amines) is 1. The van der Waals surface area contributed by atoms with Crippen LogP contribution in [0.5, 0.6) is 0 Å². The minimum absolute atomic E-state index is 0.0389. The van der Waals surface area contributed by atoms with Crippen molar-refractivity contribution in [2.24, 2.45) is 11.1 Å². The molecule has 1 aromatic heterocycles. The molecule has 1 fully saturated rings. The van der Waals surface area contributed by atoms with Crippen LogP contribution in [-0.4, -0.2) is 81.8 Å². The SMILES string of the molecule is CC(=O)N1C(C(=O)O)=C(S[C@H]2C[C@@H](CNS(N)(=O)=O)N(Cc3ccccn3)C2)[C@H](C)[C@@H]1C[C@@H](C)O. The van der Waals surface area contributed by atoms with Gasteiger partial charge in [0.1, 0.15) is 5.70 Å². The van der Waals surface area contributed by atoms with Crippen molar-refractivity contribution < 1.29 is 28.2 Å². The van der Waals surface area contributed by atoms with Crippen molar-refractivity contribution in [3.8, 4) is 0 Å². The molecule has 1 saturated heterocycles. The van der Waals surface area contributed by atoms with Gasteiger partial charge in [-0.1, -0.05) is 13.0 Å². The molecule has 1 amide bonds. The fourth-order valence-corrected chi connectivity index (χ4v) is 6.88. The first-order valence-electron chi connectivity index (χ1n) is 11.4. The van der Waals surface area contributed by atoms with Gasteiger partial charge in [0.25, 0.3) is 10.2 Å². The fourth-order valence-electron chi connectivity index (χ4n) is 4.84. The Hall–Kier alpha value is -2.03. The monoisotopic (exact) mass is 527 g/mol. The number of nitrogens with zero attached hydrogens (tertiary/aromatic N) is 3. The molecule has 5 N–H and O–H groups in total. The summed E-state index contributed by atoms with van der Waals surface area (Å²) in [5, 5.41) is 25.0. The summed E-state index contributed by atoms with van der Waals surface area (Å²) in [5.41, 5.74) is 0.793. The van der Waals surface area contributed by atoms with Gasteiger partial charge < -0.3 is 15.1 Å². The van der Waals surface area contributed by atoms with Gasteiger partial charge in [0, 0.05) is 60.9 Å². The van der Waals surface area contributed by atoms with Crippen molar-refractivity contribution in [1.82, 2.24) is 19.5 Å². The zero-order valence-corrected chi connectivity index (χ0v) is 21.6. The van der Waals surface area contributed by atoms with Crippen LogP contribution in [-0.2, 0) is 26.3 Å². The number of carboxylic acids is 1. The van der Waals surface area contributed by atoms with Crippen molar-refractivity contribution in [3.63, 3.8) is 0 Å². The van der Waals surface area contributed by atoms with Crippen LogP contribution in [0.3, 0.4) is 0 Å². The fraction of sp³-hybridized carbons (Fsp3) is 0.591. The van der Waals surface area contributed by atoms with E-state index in [9.17, 15) is 28.2 Å². The van der Waals surface area contributed by atoms with Gasteiger partial charge in [0.2, 0.25) is 5.91 Å². The second-order valence-electron chi connectivity index (χ2n) is 9.12. The maximum Gasteiger partial charge on any atom is 0.353 e. The molecule has 0 bridgehead atoms. The number of aliphatic hydroxyl groups is 1. The van der Waals surface area contributed by atoms with Crippen LogP contribution < -0.4 is 9.86 Å². The van der Waals surface area contributed by atoms with Crippen LogP contribution in [0.2, 0.25) is 0 Å². The predicted octanol–water partition coefficient (Wildman–Crippen LogP) is 0.485. The molecule has 2 aliphatic rings. The third kappa shape index (κ3) is 7.02. The zero-order chi connectivity index (χ0) is 25.9. The highest BCUT2D eigenvalue weighted by atomic mass is 32.2. The van der Waals surface area contributed by atoms with Crippen LogP contribution in [0.1, 0.15) is 39.3 Å². The van der Waals surface area contributed by atoms with Gasteiger partial charge in [0.05, 0.1) is 11.8 Å². The van der Waals surface area contributed by atoms with Gasteiger partial charge in [-0.05, 0) is 31.9 Å². The van der Waals surface area contributed by atoms with Gasteiger partial charge in [-0.25, -0.2) is 14.7 Å². The van der Waals surface area contributed by atoms with Crippen molar-refractivity contribution in [2.45, 2.75) is 63.6 Å². The number of hydrogen-bond donors (Lipinski definition) is 4. The van der Waals surface area contributed by atoms with Crippen LogP contribution in [0.4, 0.5) is 0 Å². The van der Waals surface area contributed by atoms with Gasteiger partial charge >= 0.3 is 5.97 Å². The molecule has 0 spiro atoms. The summed E-state index contributed by atoms with van der Waals surface area (Å²) in [6, 6.07) is 4.96. The lowest BCUT2D eigenvalue weighted by atomic mass is 9.98. The van der Waals surface area contributed by atoms with Crippen molar-refractivity contribution in [2.75, 3.05) is 13.1 Å². The number of aliphatic hydroxyl groups excluding tert-OH is 1. The van der Waals surface area contributed by atoms with E-state index in [0.29, 0.717) is 24.4 Å². The highest BCUT2D eigenvalue weighted by molar-refractivity contribution is 8.03. The molecular formula is C22H33N5O6S2. The molecule has 2 aliphatic heterocycles. The van der Waals surface area contributed by atoms with E-state index in [1.165, 1.54) is 23.6 Å². The molecule has 0 radical (unpaired) electrons. The molecule has 0 saturated carbocycles. The van der Waals surface area contributed by atoms with Gasteiger partial charge in [0.15, 0.2) is 0 Å². The summed E-state index contributed by atoms with van der Waals surface area (Å²) in [6.45, 7) is 6.01. The van der Waals surface area contributed by atoms with Crippen molar-refractivity contribution in [1.29, 1.82) is 0 Å². The Balaban J connectivity index is 1.85. The van der Waals surface area contributed by atoms with E-state index >= 15 is 0 Å². The van der Waals surface area contributed by atoms with Gasteiger partial charge in [-0.3, -0.25) is 14.7 Å². The van der Waals surface area contributed by atoms with E-state index in [-0.39, 0.29) is 41.8 Å². The van der Waals surface area contributed by atoms with E-state index in [0.717, 1.165) is 5.69 Å². The Labute approximate surface area is 209 Å². The number of thioether (sulfide) groups is 1. The van der Waals surface area contributed by atoms with Gasteiger partial charge in [-0.15, -0.1) is 11.8 Å². The highest BCUT2D eigenvalue weighted by Gasteiger charge is 2.45. The Morgan fingerprint density at radius 2 is 2.09 bits per heavy atom. The summed E-state index contributed by atoms with van der Waals surface area (Å²) in [7, 11) is -3.87. The van der Waals surface area contributed by atoms with E-state index in [1.807, 2.05) is 25.1 Å². The van der Waals surface area contributed by atoms with Crippen molar-refractivity contribution in [3.05, 3.63) is 40.7 Å². The smallest absolute Gasteiger partial charge is 0.353 e. The average molecular weight is 528 g/mol. The number of amides is 1. The number of pyridine rings is 1. The summed E-state index contributed by atoms with van der Waals surface area (Å²) < 4.78 is 25.4. The number of nitrogens with two attached hydrogens (primary N) is 1. The summed E-state index contributed by atoms with van der Waals surface area (Å²) in [6.07, 6.45) is 1.85. The number of rotatable bonds is 10. The van der Waals surface area contributed by atoms with Crippen LogP contribution in [0.25, 0.3) is 0 Å². The van der Waals surface area contributed by atoms with Crippen LogP contribution in [0.15, 0.2) is 35.0 Å². The Bertz CT molecular complexity index is 1070. The molecule has 3 rings (SSSR count). The maximum absolute atomic E-state index is 12.4. The van der Waals surface area contributed by atoms with E-state index in [4.69, 9.17) is 5.14 Å². The summed E-state index contributed by atoms with van der Waals surface area (Å²) >= 11 is 1.42. The van der Waals surface area contributed by atoms with Crippen LogP contribution in [0, 0.1) is 5.92 Å². The quantitative estimate of drug-likeness (QED) is 0.338. The first-order valence-corrected chi connectivity index (χ1v) is 13.8. The number of carbonyl (C=O) groups is 2. The van der Waals surface area contributed by atoms with Gasteiger partial charge in [-0.2, -0.15) is 8.42 Å². The summed E-state index contributed by atoms with van der Waals surface area (Å²) in [5.74, 6) is -1.83. The first-order chi connectivity index (χ1) is 16.4. The number of aliphatic carboxylic acids is 1. The van der Waals surface area contributed by atoms with E-state index in [1.54, 1.807) is 13.1 Å². The lowest BCUT2D eigenvalue weighted by molar-refractivity contribution is -0.140. The topological polar surface area (TPSA) is 166 Å². The summed E-state index contributed by atoms with van der Waals surface area (Å²) in [4.78, 5) is 33.0. The highest BCUT2D eigenvalue weighted by Crippen LogP contribution is 2.46. The number of carbonyl (C=O) groups excluding carboxylic acids is 1. The van der Waals surface area contributed by atoms with E-state index in [2.05, 4.69) is 14.6 Å². The molecule has 5 atom stereocenters. The second-order valence-corrected chi connectivity index (χ2v) is 11.8. The number of carboxylic acid groups (broad SMARTS) is 1. The molecule has 1 aromatic rings. The molecular weight excluding hydrogens is 494 g/mol. The molecule has 3 heterocycles. The predicted molar refractivity (Wildman–Crippen MR) is 132 cm³/mol. The normalized spacial score (nSPS) is 26.4. The number of aromatic nitrogens is 1. The standard InChI is InChI=1S/C22H33N5O6S2/c1-13(28)8-19-14(2)21(20(22(30)31)27(19)15(3)29)34-18-9-17(10-25-35(23,32)33)26(12-18)11-16-6-4-5-7-24-16/h4-7,13-14,17-19,25,28H,8-12H2,1-3H3,(H,30,31)(H2,23,32,33)/t13-,14-,17+,18+,19+/m1/s1. The maximum atomic E-state index is 12.4. The average Bonchev–Trinajstić information content (AvgIpc) is 3.25. The van der Waals surface area contributed by atoms with E-state index < -0.39 is 28.3 Å². The lowest BCUT2D eigenvalue weighted by Crippen LogP contribution is -2.42. The largest absolute Gasteiger partial charge is 0.477 e. The molecule has 35 heavy (non-hydrogen) atoms. The minimum atomic E-state index is -3.87. The molecule has 0 aromatic carbocycles. The minimum Gasteiger partial charge on any atom is -0.477 e. The zero-order valence-electron chi connectivity index (χ0n) is 20.0. The second kappa shape index (κ2) is 11.4. The molecule has 0 unspecified atom stereocenters. The Morgan fingerprint density at radius 1 is 1.37 bits per heavy atom. The molecule has 13 heteroatoms. The number of hydrogen-bond acceptors (Lipinski definition) is 8. The Morgan fingerprint density at radius 3 is 2.63 bits per heavy atom.